The molecule has 17 nitrogen and oxygen atoms in total. The Morgan fingerprint density at radius 2 is 0.411 bits per heavy atom. The Morgan fingerprint density at radius 3 is 0.607 bits per heavy atom. The molecule has 0 rings (SSSR count). The van der Waals surface area contributed by atoms with Gasteiger partial charge < -0.3 is 33.8 Å². The molecule has 0 saturated carbocycles. The summed E-state index contributed by atoms with van der Waals surface area (Å²) in [4.78, 5) is 73.4. The van der Waals surface area contributed by atoms with Crippen LogP contribution in [-0.2, 0) is 65.4 Å². The van der Waals surface area contributed by atoms with Gasteiger partial charge in [0.15, 0.2) is 12.2 Å². The summed E-state index contributed by atoms with van der Waals surface area (Å²) >= 11 is 0. The van der Waals surface area contributed by atoms with E-state index in [0.29, 0.717) is 31.6 Å². The first kappa shape index (κ1) is 110. The number of phosphoric acid groups is 2. The lowest BCUT2D eigenvalue weighted by Crippen LogP contribution is -2.30. The van der Waals surface area contributed by atoms with Crippen LogP contribution in [0.5, 0.6) is 0 Å². The largest absolute Gasteiger partial charge is 0.472 e. The van der Waals surface area contributed by atoms with E-state index in [1.807, 2.05) is 0 Å². The van der Waals surface area contributed by atoms with Gasteiger partial charge in [0.1, 0.15) is 19.3 Å². The molecule has 0 aromatic carbocycles. The van der Waals surface area contributed by atoms with E-state index in [0.717, 1.165) is 96.3 Å². The maximum absolute atomic E-state index is 13.2. The van der Waals surface area contributed by atoms with E-state index in [9.17, 15) is 43.2 Å². The van der Waals surface area contributed by atoms with Crippen LogP contribution in [0.15, 0.2) is 0 Å². The van der Waals surface area contributed by atoms with E-state index in [-0.39, 0.29) is 25.7 Å². The van der Waals surface area contributed by atoms with Crippen LogP contribution in [-0.4, -0.2) is 96.7 Å². The standard InChI is InChI=1S/C93H182O17P2/c1-6-9-12-15-18-21-24-27-30-33-36-38-40-43-45-48-51-54-57-60-66-71-76-90(95)103-82-88(109-92(97)78-73-68-62-59-56-53-50-47-44-41-39-37-34-31-28-25-22-19-16-13-10-7-2)84-107-111(99,100)105-80-87(94)81-106-112(101,102)108-85-89(83-104-91(96)77-72-67-64-63-65-70-75-86(4)5)110-93(98)79-74-69-61-58-55-52-49-46-42-35-32-29-26-23-20-17-14-11-8-3/h86-89,94H,6-85H2,1-5H3,(H,99,100)(H,101,102)/t87-,88-,89-/m1/s1. The van der Waals surface area contributed by atoms with Crippen LogP contribution in [0.1, 0.15) is 510 Å². The molecule has 0 heterocycles. The van der Waals surface area contributed by atoms with Gasteiger partial charge in [-0.1, -0.05) is 458 Å². The molecule has 0 fully saturated rings. The zero-order valence-corrected chi connectivity index (χ0v) is 75.6. The van der Waals surface area contributed by atoms with Gasteiger partial charge in [0.2, 0.25) is 0 Å². The molecule has 112 heavy (non-hydrogen) atoms. The molecule has 0 aliphatic carbocycles. The van der Waals surface area contributed by atoms with Crippen LogP contribution in [0.2, 0.25) is 0 Å². The first-order valence-corrected chi connectivity index (χ1v) is 51.1. The highest BCUT2D eigenvalue weighted by Crippen LogP contribution is 2.45. The highest BCUT2D eigenvalue weighted by molar-refractivity contribution is 7.47. The quantitative estimate of drug-likeness (QED) is 0.0222. The third-order valence-corrected chi connectivity index (χ3v) is 23.9. The summed E-state index contributed by atoms with van der Waals surface area (Å²) < 4.78 is 69.1. The molecule has 2 unspecified atom stereocenters. The normalized spacial score (nSPS) is 13.7. The van der Waals surface area contributed by atoms with Crippen LogP contribution in [0, 0.1) is 5.92 Å². The number of carbonyl (C=O) groups excluding carboxylic acids is 4. The van der Waals surface area contributed by atoms with Crippen molar-refractivity contribution in [2.75, 3.05) is 39.6 Å². The number of phosphoric ester groups is 2. The van der Waals surface area contributed by atoms with Crippen LogP contribution < -0.4 is 0 Å². The maximum Gasteiger partial charge on any atom is 0.472 e. The Bertz CT molecular complexity index is 2120. The smallest absolute Gasteiger partial charge is 0.462 e. The minimum Gasteiger partial charge on any atom is -0.462 e. The molecule has 0 radical (unpaired) electrons. The predicted molar refractivity (Wildman–Crippen MR) is 465 cm³/mol. The second kappa shape index (κ2) is 85.5. The van der Waals surface area contributed by atoms with E-state index >= 15 is 0 Å². The molecule has 3 N–H and O–H groups in total. The van der Waals surface area contributed by atoms with Crippen LogP contribution in [0.3, 0.4) is 0 Å². The number of esters is 4. The Labute approximate surface area is 689 Å². The Morgan fingerprint density at radius 1 is 0.241 bits per heavy atom. The molecule has 5 atom stereocenters. The summed E-state index contributed by atoms with van der Waals surface area (Å²) in [5, 5.41) is 10.7. The molecule has 0 aliphatic heterocycles. The lowest BCUT2D eigenvalue weighted by Gasteiger charge is -2.21. The fourth-order valence-electron chi connectivity index (χ4n) is 14.7. The van der Waals surface area contributed by atoms with Crippen molar-refractivity contribution in [3.05, 3.63) is 0 Å². The van der Waals surface area contributed by atoms with E-state index < -0.39 is 97.5 Å². The zero-order valence-electron chi connectivity index (χ0n) is 73.8. The first-order chi connectivity index (χ1) is 54.5. The summed E-state index contributed by atoms with van der Waals surface area (Å²) in [6.07, 6.45) is 82.5. The van der Waals surface area contributed by atoms with E-state index in [1.165, 1.54) is 327 Å². The van der Waals surface area contributed by atoms with Gasteiger partial charge in [-0.3, -0.25) is 37.3 Å². The average Bonchev–Trinajstić information content (AvgIpc) is 0.899. The predicted octanol–water partition coefficient (Wildman–Crippen LogP) is 29.1. The third kappa shape index (κ3) is 85.9. The van der Waals surface area contributed by atoms with Crippen molar-refractivity contribution in [3.63, 3.8) is 0 Å². The van der Waals surface area contributed by atoms with Crippen molar-refractivity contribution in [2.45, 2.75) is 528 Å². The Balaban J connectivity index is 5.18. The monoisotopic (exact) mass is 1630 g/mol. The fraction of sp³-hybridized carbons (Fsp3) is 0.957. The van der Waals surface area contributed by atoms with Gasteiger partial charge in [-0.15, -0.1) is 0 Å². The highest BCUT2D eigenvalue weighted by Gasteiger charge is 2.31. The molecule has 0 aliphatic rings. The summed E-state index contributed by atoms with van der Waals surface area (Å²) in [6, 6.07) is 0. The molecule has 0 aromatic heterocycles. The number of hydrogen-bond donors (Lipinski definition) is 3. The Hall–Kier alpha value is -1.94. The lowest BCUT2D eigenvalue weighted by molar-refractivity contribution is -0.161. The minimum atomic E-state index is -4.97. The number of aliphatic hydroxyl groups is 1. The molecular formula is C93H182O17P2. The zero-order chi connectivity index (χ0) is 81.8. The number of unbranched alkanes of at least 4 members (excludes halogenated alkanes) is 65. The number of hydrogen-bond acceptors (Lipinski definition) is 15. The molecular weight excluding hydrogens is 1450 g/mol. The summed E-state index contributed by atoms with van der Waals surface area (Å²) in [5.74, 6) is -1.42. The maximum atomic E-state index is 13.2. The minimum absolute atomic E-state index is 0.108. The van der Waals surface area contributed by atoms with Gasteiger partial charge in [-0.2, -0.15) is 0 Å². The van der Waals surface area contributed by atoms with E-state index in [4.69, 9.17) is 37.0 Å². The van der Waals surface area contributed by atoms with Crippen molar-refractivity contribution < 1.29 is 80.2 Å². The van der Waals surface area contributed by atoms with Crippen molar-refractivity contribution in [1.82, 2.24) is 0 Å². The number of carbonyl (C=O) groups is 4. The van der Waals surface area contributed by atoms with Gasteiger partial charge in [0.05, 0.1) is 26.4 Å². The molecule has 19 heteroatoms. The topological polar surface area (TPSA) is 237 Å². The van der Waals surface area contributed by atoms with Gasteiger partial charge in [0.25, 0.3) is 0 Å². The molecule has 0 saturated heterocycles. The average molecular weight is 1630 g/mol. The molecule has 0 amide bonds. The second-order valence-electron chi connectivity index (χ2n) is 33.9. The lowest BCUT2D eigenvalue weighted by atomic mass is 10.0. The molecule has 666 valence electrons. The summed E-state index contributed by atoms with van der Waals surface area (Å²) in [7, 11) is -9.93. The van der Waals surface area contributed by atoms with Gasteiger partial charge >= 0.3 is 39.5 Å². The Kier molecular flexibility index (Phi) is 84.0. The number of ether oxygens (including phenoxy) is 4. The van der Waals surface area contributed by atoms with Gasteiger partial charge in [0, 0.05) is 25.7 Å². The van der Waals surface area contributed by atoms with Crippen molar-refractivity contribution in [2.24, 2.45) is 5.92 Å². The van der Waals surface area contributed by atoms with Crippen molar-refractivity contribution in [3.8, 4) is 0 Å². The van der Waals surface area contributed by atoms with Crippen LogP contribution >= 0.6 is 15.6 Å². The van der Waals surface area contributed by atoms with Crippen LogP contribution in [0.4, 0.5) is 0 Å². The van der Waals surface area contributed by atoms with Crippen LogP contribution in [0.25, 0.3) is 0 Å². The SMILES string of the molecule is CCCCCCCCCCCCCCCCCCCCCCCCC(=O)OC[C@H](COP(=O)(O)OC[C@@H](O)COP(=O)(O)OC[C@@H](COC(=O)CCCCCCCCC(C)C)OC(=O)CCCCCCCCCCCCCCCCCCCCC)OC(=O)CCCCCCCCCCCCCCCCCCCCCCCC. The summed E-state index contributed by atoms with van der Waals surface area (Å²) in [5.41, 5.74) is 0. The molecule has 0 aromatic rings. The summed E-state index contributed by atoms with van der Waals surface area (Å²) in [6.45, 7) is 7.31. The van der Waals surface area contributed by atoms with Crippen molar-refractivity contribution >= 4 is 39.5 Å². The first-order valence-electron chi connectivity index (χ1n) is 48.1. The number of aliphatic hydroxyl groups excluding tert-OH is 1. The second-order valence-corrected chi connectivity index (χ2v) is 36.8. The molecule has 0 bridgehead atoms. The van der Waals surface area contributed by atoms with Gasteiger partial charge in [-0.05, 0) is 31.6 Å². The number of rotatable bonds is 93. The molecule has 0 spiro atoms. The van der Waals surface area contributed by atoms with E-state index in [2.05, 4.69) is 34.6 Å². The fourth-order valence-corrected chi connectivity index (χ4v) is 16.3. The van der Waals surface area contributed by atoms with E-state index in [1.54, 1.807) is 0 Å². The van der Waals surface area contributed by atoms with Gasteiger partial charge in [-0.25, -0.2) is 9.13 Å². The van der Waals surface area contributed by atoms with Crippen molar-refractivity contribution in [1.29, 1.82) is 0 Å². The highest BCUT2D eigenvalue weighted by atomic mass is 31.2. The third-order valence-electron chi connectivity index (χ3n) is 22.0.